The summed E-state index contributed by atoms with van der Waals surface area (Å²) in [6, 6.07) is 0.338. The van der Waals surface area contributed by atoms with Gasteiger partial charge in [-0.05, 0) is 13.8 Å². The molecule has 3 rings (SSSR count). The Morgan fingerprint density at radius 1 is 1.43 bits per heavy atom. The molecule has 0 aliphatic carbocycles. The second-order valence-corrected chi connectivity index (χ2v) is 6.62. The summed E-state index contributed by atoms with van der Waals surface area (Å²) in [6.45, 7) is 8.20. The predicted molar refractivity (Wildman–Crippen MR) is 88.1 cm³/mol. The van der Waals surface area contributed by atoms with Crippen LogP contribution in [0.2, 0.25) is 0 Å². The molecule has 3 heterocycles. The summed E-state index contributed by atoms with van der Waals surface area (Å²) in [6.07, 6.45) is 3.90. The van der Waals surface area contributed by atoms with Gasteiger partial charge in [0.2, 0.25) is 0 Å². The second-order valence-electron chi connectivity index (χ2n) is 5.33. The van der Waals surface area contributed by atoms with E-state index in [-0.39, 0.29) is 12.4 Å². The first-order valence-electron chi connectivity index (χ1n) is 7.00. The number of halogens is 1. The molecule has 0 amide bonds. The Morgan fingerprint density at radius 3 is 2.86 bits per heavy atom. The van der Waals surface area contributed by atoms with E-state index < -0.39 is 0 Å². The van der Waals surface area contributed by atoms with E-state index in [9.17, 15) is 0 Å². The molecule has 2 aromatic rings. The minimum Gasteiger partial charge on any atom is -0.337 e. The Kier molecular flexibility index (Phi) is 5.37. The van der Waals surface area contributed by atoms with E-state index >= 15 is 0 Å². The van der Waals surface area contributed by atoms with Gasteiger partial charge in [-0.1, -0.05) is 0 Å². The first kappa shape index (κ1) is 16.4. The van der Waals surface area contributed by atoms with Crippen LogP contribution in [0, 0.1) is 13.8 Å². The number of aryl methyl sites for hydroxylation is 3. The molecule has 2 aromatic heterocycles. The molecule has 0 aromatic carbocycles. The van der Waals surface area contributed by atoms with Gasteiger partial charge in [0.15, 0.2) is 0 Å². The van der Waals surface area contributed by atoms with Gasteiger partial charge in [0.05, 0.1) is 16.7 Å². The lowest BCUT2D eigenvalue weighted by Gasteiger charge is -2.35. The highest BCUT2D eigenvalue weighted by atomic mass is 35.5. The summed E-state index contributed by atoms with van der Waals surface area (Å²) in [5.74, 6) is 1.14. The van der Waals surface area contributed by atoms with E-state index in [4.69, 9.17) is 0 Å². The fraction of sp³-hybridized carbons (Fsp3) is 0.571. The lowest BCUT2D eigenvalue weighted by atomic mass is 10.1. The van der Waals surface area contributed by atoms with Gasteiger partial charge in [-0.3, -0.25) is 4.90 Å². The lowest BCUT2D eigenvalue weighted by Crippen LogP contribution is -2.46. The van der Waals surface area contributed by atoms with E-state index in [1.54, 1.807) is 0 Å². The summed E-state index contributed by atoms with van der Waals surface area (Å²) in [4.78, 5) is 13.0. The van der Waals surface area contributed by atoms with Crippen molar-refractivity contribution in [3.63, 3.8) is 0 Å². The van der Waals surface area contributed by atoms with Crippen LogP contribution in [0.5, 0.6) is 0 Å². The third-order valence-corrected chi connectivity index (χ3v) is 4.91. The number of hydrogen-bond acceptors (Lipinski definition) is 5. The van der Waals surface area contributed by atoms with Gasteiger partial charge in [-0.15, -0.1) is 23.7 Å². The molecule has 1 saturated heterocycles. The summed E-state index contributed by atoms with van der Waals surface area (Å²) in [7, 11) is 2.07. The summed E-state index contributed by atoms with van der Waals surface area (Å²) < 4.78 is 2.12. The van der Waals surface area contributed by atoms with Gasteiger partial charge >= 0.3 is 0 Å². The van der Waals surface area contributed by atoms with Gasteiger partial charge in [0.1, 0.15) is 5.82 Å². The molecule has 0 bridgehead atoms. The van der Waals surface area contributed by atoms with Gasteiger partial charge in [0.25, 0.3) is 0 Å². The molecule has 7 heteroatoms. The number of rotatable bonds is 3. The largest absolute Gasteiger partial charge is 0.337 e. The van der Waals surface area contributed by atoms with Crippen molar-refractivity contribution < 1.29 is 0 Å². The van der Waals surface area contributed by atoms with Crippen LogP contribution in [0.15, 0.2) is 12.4 Å². The van der Waals surface area contributed by atoms with Crippen LogP contribution >= 0.6 is 23.7 Å². The summed E-state index contributed by atoms with van der Waals surface area (Å²) >= 11 is 1.81. The van der Waals surface area contributed by atoms with E-state index in [1.807, 2.05) is 23.7 Å². The fourth-order valence-corrected chi connectivity index (χ4v) is 3.76. The Balaban J connectivity index is 0.00000161. The van der Waals surface area contributed by atoms with Gasteiger partial charge in [0, 0.05) is 50.5 Å². The standard InChI is InChI=1S/C14H21N5S.ClH/c1-10-13(20-11(2)17-10)9-19-7-4-15-8-12(19)14-16-5-6-18(14)3;/h5-6,12,15H,4,7-9H2,1-3H3;1H. The van der Waals surface area contributed by atoms with Crippen molar-refractivity contribution in [1.29, 1.82) is 0 Å². The first-order chi connectivity index (χ1) is 9.65. The van der Waals surface area contributed by atoms with E-state index in [0.29, 0.717) is 6.04 Å². The Bertz CT molecular complexity index is 594. The first-order valence-corrected chi connectivity index (χ1v) is 7.81. The summed E-state index contributed by atoms with van der Waals surface area (Å²) in [5.41, 5.74) is 1.17. The molecular weight excluding hydrogens is 306 g/mol. The number of aromatic nitrogens is 3. The second kappa shape index (κ2) is 6.87. The smallest absolute Gasteiger partial charge is 0.127 e. The number of hydrogen-bond donors (Lipinski definition) is 1. The van der Waals surface area contributed by atoms with E-state index in [1.165, 1.54) is 10.6 Å². The highest BCUT2D eigenvalue weighted by Crippen LogP contribution is 2.26. The normalized spacial score (nSPS) is 19.5. The summed E-state index contributed by atoms with van der Waals surface area (Å²) in [5, 5.41) is 4.63. The molecule has 1 N–H and O–H groups in total. The van der Waals surface area contributed by atoms with Crippen molar-refractivity contribution in [2.24, 2.45) is 7.05 Å². The van der Waals surface area contributed by atoms with Crippen LogP contribution < -0.4 is 5.32 Å². The van der Waals surface area contributed by atoms with Crippen molar-refractivity contribution in [2.75, 3.05) is 19.6 Å². The Hall–Kier alpha value is -0.950. The molecule has 1 aliphatic heterocycles. The van der Waals surface area contributed by atoms with Crippen molar-refractivity contribution >= 4 is 23.7 Å². The third kappa shape index (κ3) is 3.45. The monoisotopic (exact) mass is 327 g/mol. The minimum absolute atomic E-state index is 0. The third-order valence-electron chi connectivity index (χ3n) is 3.86. The van der Waals surface area contributed by atoms with Gasteiger partial charge < -0.3 is 9.88 Å². The number of piperazine rings is 1. The maximum atomic E-state index is 4.54. The minimum atomic E-state index is 0. The van der Waals surface area contributed by atoms with Crippen LogP contribution in [-0.2, 0) is 13.6 Å². The molecular formula is C14H22ClN5S. The van der Waals surface area contributed by atoms with Crippen molar-refractivity contribution in [2.45, 2.75) is 26.4 Å². The van der Waals surface area contributed by atoms with E-state index in [2.05, 4.69) is 45.6 Å². The van der Waals surface area contributed by atoms with Crippen LogP contribution in [-0.4, -0.2) is 39.1 Å². The fourth-order valence-electron chi connectivity index (χ4n) is 2.79. The van der Waals surface area contributed by atoms with Crippen LogP contribution in [0.1, 0.15) is 27.4 Å². The molecule has 1 aliphatic rings. The SMILES string of the molecule is Cc1nc(C)c(CN2CCNCC2c2nccn2C)s1.Cl. The van der Waals surface area contributed by atoms with E-state index in [0.717, 1.165) is 37.0 Å². The molecule has 1 atom stereocenters. The van der Waals surface area contributed by atoms with Crippen molar-refractivity contribution in [3.05, 3.63) is 33.8 Å². The molecule has 1 fully saturated rings. The quantitative estimate of drug-likeness (QED) is 0.937. The average Bonchev–Trinajstić information content (AvgIpc) is 2.97. The highest BCUT2D eigenvalue weighted by molar-refractivity contribution is 7.11. The maximum absolute atomic E-state index is 4.54. The van der Waals surface area contributed by atoms with Crippen molar-refractivity contribution in [3.8, 4) is 0 Å². The van der Waals surface area contributed by atoms with Gasteiger partial charge in [-0.2, -0.15) is 0 Å². The van der Waals surface area contributed by atoms with Crippen LogP contribution in [0.25, 0.3) is 0 Å². The lowest BCUT2D eigenvalue weighted by molar-refractivity contribution is 0.146. The number of thiazole rings is 1. The zero-order valence-electron chi connectivity index (χ0n) is 12.7. The van der Waals surface area contributed by atoms with Gasteiger partial charge in [-0.25, -0.2) is 9.97 Å². The molecule has 1 unspecified atom stereocenters. The van der Waals surface area contributed by atoms with Crippen molar-refractivity contribution in [1.82, 2.24) is 24.8 Å². The zero-order valence-corrected chi connectivity index (χ0v) is 14.3. The predicted octanol–water partition coefficient (Wildman–Crippen LogP) is 2.06. The zero-order chi connectivity index (χ0) is 14.1. The highest BCUT2D eigenvalue weighted by Gasteiger charge is 2.27. The van der Waals surface area contributed by atoms with Crippen LogP contribution in [0.3, 0.4) is 0 Å². The molecule has 21 heavy (non-hydrogen) atoms. The average molecular weight is 328 g/mol. The Labute approximate surface area is 135 Å². The molecule has 0 spiro atoms. The topological polar surface area (TPSA) is 46.0 Å². The van der Waals surface area contributed by atoms with Crippen LogP contribution in [0.4, 0.5) is 0 Å². The maximum Gasteiger partial charge on any atom is 0.127 e. The molecule has 0 saturated carbocycles. The number of imidazole rings is 1. The molecule has 116 valence electrons. The number of nitrogens with zero attached hydrogens (tertiary/aromatic N) is 4. The Morgan fingerprint density at radius 2 is 2.24 bits per heavy atom. The molecule has 5 nitrogen and oxygen atoms in total. The molecule has 0 radical (unpaired) electrons. The number of nitrogens with one attached hydrogen (secondary N) is 1.